The summed E-state index contributed by atoms with van der Waals surface area (Å²) in [5.41, 5.74) is -0.676. The highest BCUT2D eigenvalue weighted by molar-refractivity contribution is 5.89. The quantitative estimate of drug-likeness (QED) is 0.638. The van der Waals surface area contributed by atoms with Gasteiger partial charge in [-0.3, -0.25) is 9.59 Å². The summed E-state index contributed by atoms with van der Waals surface area (Å²) in [4.78, 5) is 21.9. The molecule has 1 atom stereocenters. The molecule has 3 nitrogen and oxygen atoms in total. The maximum absolute atomic E-state index is 11.5. The van der Waals surface area contributed by atoms with E-state index in [1.54, 1.807) is 6.92 Å². The Balaban J connectivity index is 4.50. The Morgan fingerprint density at radius 1 is 1.54 bits per heavy atom. The Hall–Kier alpha value is -0.860. The van der Waals surface area contributed by atoms with E-state index >= 15 is 0 Å². The van der Waals surface area contributed by atoms with Gasteiger partial charge in [0, 0.05) is 6.42 Å². The van der Waals surface area contributed by atoms with Gasteiger partial charge in [-0.05, 0) is 19.3 Å². The predicted molar refractivity (Wildman–Crippen MR) is 52.4 cm³/mol. The van der Waals surface area contributed by atoms with Crippen LogP contribution in [0.25, 0.3) is 0 Å². The summed E-state index contributed by atoms with van der Waals surface area (Å²) in [7, 11) is 0. The molecule has 0 saturated carbocycles. The molecule has 1 amide bonds. The summed E-state index contributed by atoms with van der Waals surface area (Å²) in [5.74, 6) is 0.487. The molecule has 13 heavy (non-hydrogen) atoms. The standard InChI is InChI=1S/C10H19NO2/c1-5-9(13)10(4,11-7-12)6-8(2)3/h7-8H,5-6H2,1-4H3,(H,11,12). The van der Waals surface area contributed by atoms with E-state index < -0.39 is 5.54 Å². The average Bonchev–Trinajstić information content (AvgIpc) is 2.02. The lowest BCUT2D eigenvalue weighted by Crippen LogP contribution is -2.49. The zero-order valence-electron chi connectivity index (χ0n) is 8.89. The van der Waals surface area contributed by atoms with Crippen molar-refractivity contribution < 1.29 is 9.59 Å². The molecule has 0 aliphatic heterocycles. The Morgan fingerprint density at radius 2 is 2.08 bits per heavy atom. The van der Waals surface area contributed by atoms with Crippen molar-refractivity contribution in [1.29, 1.82) is 0 Å². The van der Waals surface area contributed by atoms with Crippen LogP contribution in [-0.2, 0) is 9.59 Å². The first kappa shape index (κ1) is 12.1. The number of hydrogen-bond acceptors (Lipinski definition) is 2. The fraction of sp³-hybridized carbons (Fsp3) is 0.800. The molecule has 0 aromatic rings. The largest absolute Gasteiger partial charge is 0.346 e. The summed E-state index contributed by atoms with van der Waals surface area (Å²) >= 11 is 0. The third kappa shape index (κ3) is 3.57. The molecule has 0 saturated heterocycles. The summed E-state index contributed by atoms with van der Waals surface area (Å²) in [6, 6.07) is 0. The van der Waals surface area contributed by atoms with Crippen molar-refractivity contribution in [3.05, 3.63) is 0 Å². The van der Waals surface area contributed by atoms with E-state index in [2.05, 4.69) is 5.32 Å². The van der Waals surface area contributed by atoms with Gasteiger partial charge >= 0.3 is 0 Å². The Labute approximate surface area is 79.9 Å². The maximum atomic E-state index is 11.5. The number of hydrogen-bond donors (Lipinski definition) is 1. The zero-order valence-corrected chi connectivity index (χ0v) is 8.89. The highest BCUT2D eigenvalue weighted by Gasteiger charge is 2.31. The number of rotatable bonds is 6. The Morgan fingerprint density at radius 3 is 2.38 bits per heavy atom. The van der Waals surface area contributed by atoms with Gasteiger partial charge in [-0.15, -0.1) is 0 Å². The van der Waals surface area contributed by atoms with Crippen molar-refractivity contribution in [3.8, 4) is 0 Å². The van der Waals surface area contributed by atoms with Crippen LogP contribution in [-0.4, -0.2) is 17.7 Å². The average molecular weight is 185 g/mol. The molecule has 0 aromatic heterocycles. The van der Waals surface area contributed by atoms with E-state index in [-0.39, 0.29) is 5.78 Å². The third-order valence-corrected chi connectivity index (χ3v) is 2.13. The molecule has 3 heteroatoms. The summed E-state index contributed by atoms with van der Waals surface area (Å²) in [5, 5.41) is 2.61. The smallest absolute Gasteiger partial charge is 0.207 e. The van der Waals surface area contributed by atoms with Crippen LogP contribution >= 0.6 is 0 Å². The van der Waals surface area contributed by atoms with Crippen LogP contribution in [0.3, 0.4) is 0 Å². The summed E-state index contributed by atoms with van der Waals surface area (Å²) < 4.78 is 0. The molecule has 0 aliphatic rings. The van der Waals surface area contributed by atoms with Crippen molar-refractivity contribution in [2.24, 2.45) is 5.92 Å². The molecule has 0 bridgehead atoms. The van der Waals surface area contributed by atoms with Crippen molar-refractivity contribution in [2.45, 2.75) is 46.1 Å². The highest BCUT2D eigenvalue weighted by Crippen LogP contribution is 2.18. The van der Waals surface area contributed by atoms with E-state index in [9.17, 15) is 9.59 Å². The molecular weight excluding hydrogens is 166 g/mol. The molecule has 0 aliphatic carbocycles. The van der Waals surface area contributed by atoms with Gasteiger partial charge in [-0.25, -0.2) is 0 Å². The van der Waals surface area contributed by atoms with E-state index in [4.69, 9.17) is 0 Å². The van der Waals surface area contributed by atoms with Gasteiger partial charge in [0.05, 0.1) is 5.54 Å². The number of amides is 1. The third-order valence-electron chi connectivity index (χ3n) is 2.13. The normalized spacial score (nSPS) is 15.2. The minimum Gasteiger partial charge on any atom is -0.346 e. The molecule has 0 fully saturated rings. The minimum absolute atomic E-state index is 0.0910. The molecule has 1 N–H and O–H groups in total. The van der Waals surface area contributed by atoms with Gasteiger partial charge < -0.3 is 5.32 Å². The SMILES string of the molecule is CCC(=O)C(C)(CC(C)C)NC=O. The molecular formula is C10H19NO2. The number of ketones is 1. The fourth-order valence-electron chi connectivity index (χ4n) is 1.59. The van der Waals surface area contributed by atoms with E-state index in [1.807, 2.05) is 20.8 Å². The van der Waals surface area contributed by atoms with E-state index in [1.165, 1.54) is 0 Å². The first-order valence-electron chi connectivity index (χ1n) is 4.71. The highest BCUT2D eigenvalue weighted by atomic mass is 16.1. The Kier molecular flexibility index (Phi) is 4.67. The number of carbonyl (C=O) groups is 2. The Bertz CT molecular complexity index is 189. The first-order valence-corrected chi connectivity index (χ1v) is 4.71. The number of carbonyl (C=O) groups excluding carboxylic acids is 2. The van der Waals surface area contributed by atoms with Crippen LogP contribution in [0.15, 0.2) is 0 Å². The van der Waals surface area contributed by atoms with Crippen molar-refractivity contribution in [1.82, 2.24) is 5.32 Å². The van der Waals surface area contributed by atoms with Crippen LogP contribution < -0.4 is 5.32 Å². The van der Waals surface area contributed by atoms with Crippen LogP contribution in [0.4, 0.5) is 0 Å². The molecule has 0 spiro atoms. The minimum atomic E-state index is -0.676. The van der Waals surface area contributed by atoms with Crippen LogP contribution in [0.2, 0.25) is 0 Å². The van der Waals surface area contributed by atoms with E-state index in [0.717, 1.165) is 0 Å². The van der Waals surface area contributed by atoms with Crippen molar-refractivity contribution in [2.75, 3.05) is 0 Å². The summed E-state index contributed by atoms with van der Waals surface area (Å²) in [6.45, 7) is 7.67. The summed E-state index contributed by atoms with van der Waals surface area (Å²) in [6.07, 6.45) is 1.76. The second-order valence-corrected chi connectivity index (χ2v) is 3.97. The van der Waals surface area contributed by atoms with Crippen molar-refractivity contribution in [3.63, 3.8) is 0 Å². The molecule has 1 unspecified atom stereocenters. The number of nitrogens with one attached hydrogen (secondary N) is 1. The molecule has 0 aromatic carbocycles. The molecule has 0 heterocycles. The first-order chi connectivity index (χ1) is 5.96. The van der Waals surface area contributed by atoms with Crippen LogP contribution in [0.5, 0.6) is 0 Å². The van der Waals surface area contributed by atoms with Gasteiger partial charge in [0.1, 0.15) is 0 Å². The molecule has 0 rings (SSSR count). The molecule has 76 valence electrons. The van der Waals surface area contributed by atoms with Gasteiger partial charge in [-0.1, -0.05) is 20.8 Å². The maximum Gasteiger partial charge on any atom is 0.207 e. The van der Waals surface area contributed by atoms with Gasteiger partial charge in [0.25, 0.3) is 0 Å². The second-order valence-electron chi connectivity index (χ2n) is 3.97. The van der Waals surface area contributed by atoms with Gasteiger partial charge in [0.15, 0.2) is 5.78 Å². The molecule has 0 radical (unpaired) electrons. The fourth-order valence-corrected chi connectivity index (χ4v) is 1.59. The van der Waals surface area contributed by atoms with E-state index in [0.29, 0.717) is 25.2 Å². The van der Waals surface area contributed by atoms with Crippen LogP contribution in [0.1, 0.15) is 40.5 Å². The zero-order chi connectivity index (χ0) is 10.5. The number of Topliss-reactive ketones (excluding diaryl/α,β-unsaturated/α-hetero) is 1. The van der Waals surface area contributed by atoms with Crippen LogP contribution in [0, 0.1) is 5.92 Å². The predicted octanol–water partition coefficient (Wildman–Crippen LogP) is 1.52. The lowest BCUT2D eigenvalue weighted by Gasteiger charge is -2.28. The van der Waals surface area contributed by atoms with Gasteiger partial charge in [0.2, 0.25) is 6.41 Å². The lowest BCUT2D eigenvalue weighted by atomic mass is 9.86. The van der Waals surface area contributed by atoms with Gasteiger partial charge in [-0.2, -0.15) is 0 Å². The second kappa shape index (κ2) is 5.00. The van der Waals surface area contributed by atoms with Crippen molar-refractivity contribution >= 4 is 12.2 Å². The monoisotopic (exact) mass is 185 g/mol. The topological polar surface area (TPSA) is 46.2 Å². The lowest BCUT2D eigenvalue weighted by molar-refractivity contribution is -0.128.